The van der Waals surface area contributed by atoms with Crippen molar-refractivity contribution in [1.29, 1.82) is 0 Å². The molecule has 8 nitrogen and oxygen atoms in total. The number of oxazole rings is 1. The molecule has 288 valence electrons. The molecule has 57 heavy (non-hydrogen) atoms. The molecule has 10 aromatic rings. The van der Waals surface area contributed by atoms with E-state index in [1.54, 1.807) is 11.3 Å². The van der Waals surface area contributed by atoms with E-state index in [2.05, 4.69) is 129 Å². The molecule has 0 aliphatic heterocycles. The van der Waals surface area contributed by atoms with E-state index in [9.17, 15) is 0 Å². The van der Waals surface area contributed by atoms with Gasteiger partial charge in [-0.05, 0) is 145 Å². The smallest absolute Gasteiger partial charge is 0.192 e. The largest absolute Gasteiger partial charge is 0.441 e. The minimum absolute atomic E-state index is 0.727. The number of H-pyrrole nitrogens is 1. The first kappa shape index (κ1) is 40.3. The van der Waals surface area contributed by atoms with Crippen LogP contribution < -0.4 is 0 Å². The van der Waals surface area contributed by atoms with Gasteiger partial charge in [-0.1, -0.05) is 48.5 Å². The first-order valence-corrected chi connectivity index (χ1v) is 19.7. The lowest BCUT2D eigenvalue weighted by molar-refractivity contribution is 0.561. The molecule has 0 amide bonds. The van der Waals surface area contributed by atoms with Crippen LogP contribution in [0.3, 0.4) is 0 Å². The van der Waals surface area contributed by atoms with E-state index < -0.39 is 0 Å². The highest BCUT2D eigenvalue weighted by Crippen LogP contribution is 2.22. The Kier molecular flexibility index (Phi) is 12.8. The maximum atomic E-state index is 5.31. The highest BCUT2D eigenvalue weighted by molar-refractivity contribution is 7.18. The molecule has 0 saturated carbocycles. The van der Waals surface area contributed by atoms with Crippen molar-refractivity contribution < 1.29 is 4.42 Å². The second-order valence-corrected chi connectivity index (χ2v) is 15.6. The normalized spacial score (nSPS) is 10.6. The minimum atomic E-state index is 0.727. The molecule has 0 unspecified atom stereocenters. The van der Waals surface area contributed by atoms with Crippen molar-refractivity contribution in [3.8, 4) is 0 Å². The third-order valence-corrected chi connectivity index (χ3v) is 9.85. The molecule has 0 saturated heterocycles. The summed E-state index contributed by atoms with van der Waals surface area (Å²) in [5.74, 6) is 2.53. The predicted molar refractivity (Wildman–Crippen MR) is 238 cm³/mol. The monoisotopic (exact) mass is 771 g/mol. The van der Waals surface area contributed by atoms with Crippen LogP contribution in [0, 0.1) is 69.2 Å². The number of pyridine rings is 1. The Morgan fingerprint density at radius 2 is 1.05 bits per heavy atom. The first-order valence-electron chi connectivity index (χ1n) is 18.9. The van der Waals surface area contributed by atoms with E-state index in [-0.39, 0.29) is 0 Å². The van der Waals surface area contributed by atoms with Crippen LogP contribution in [0.4, 0.5) is 0 Å². The van der Waals surface area contributed by atoms with Crippen LogP contribution >= 0.6 is 11.3 Å². The van der Waals surface area contributed by atoms with Crippen molar-refractivity contribution in [2.24, 2.45) is 0 Å². The van der Waals surface area contributed by atoms with Crippen molar-refractivity contribution in [3.63, 3.8) is 0 Å². The first-order chi connectivity index (χ1) is 27.3. The number of nitrogens with one attached hydrogen (secondary N) is 1. The predicted octanol–water partition coefficient (Wildman–Crippen LogP) is 12.6. The fourth-order valence-corrected chi connectivity index (χ4v) is 6.92. The molecule has 0 spiro atoms. The minimum Gasteiger partial charge on any atom is -0.441 e. The molecule has 0 fully saturated rings. The Bertz CT molecular complexity index is 2600. The van der Waals surface area contributed by atoms with E-state index in [0.717, 1.165) is 72.3 Å². The zero-order valence-corrected chi connectivity index (χ0v) is 35.2. The zero-order valence-electron chi connectivity index (χ0n) is 34.4. The summed E-state index contributed by atoms with van der Waals surface area (Å²) in [6.07, 6.45) is 1.86. The number of hydrogen-bond acceptors (Lipinski definition) is 8. The lowest BCUT2D eigenvalue weighted by Gasteiger charge is -1.99. The van der Waals surface area contributed by atoms with Gasteiger partial charge in [-0.15, -0.1) is 11.3 Å². The summed E-state index contributed by atoms with van der Waals surface area (Å²) in [5, 5.41) is 3.46. The third kappa shape index (κ3) is 11.1. The summed E-state index contributed by atoms with van der Waals surface area (Å²) in [6.45, 7) is 20.2. The molecule has 5 aromatic heterocycles. The lowest BCUT2D eigenvalue weighted by atomic mass is 10.1. The van der Waals surface area contributed by atoms with Crippen LogP contribution in [0.15, 0.2) is 114 Å². The summed E-state index contributed by atoms with van der Waals surface area (Å²) < 4.78 is 6.60. The van der Waals surface area contributed by atoms with Gasteiger partial charge in [0.1, 0.15) is 17.2 Å². The fourth-order valence-electron chi connectivity index (χ4n) is 6.11. The van der Waals surface area contributed by atoms with Gasteiger partial charge < -0.3 is 9.40 Å². The number of rotatable bonds is 0. The number of thiazole rings is 1. The summed E-state index contributed by atoms with van der Waals surface area (Å²) in [4.78, 5) is 29.0. The molecule has 0 atom stereocenters. The Morgan fingerprint density at radius 1 is 0.474 bits per heavy atom. The van der Waals surface area contributed by atoms with Crippen molar-refractivity contribution in [2.45, 2.75) is 69.2 Å². The summed E-state index contributed by atoms with van der Waals surface area (Å²) in [6, 6.07) is 35.3. The van der Waals surface area contributed by atoms with E-state index in [1.807, 2.05) is 84.1 Å². The van der Waals surface area contributed by atoms with Crippen molar-refractivity contribution in [3.05, 3.63) is 165 Å². The number of imidazole rings is 1. The second kappa shape index (κ2) is 18.1. The number of aromatic nitrogens is 7. The van der Waals surface area contributed by atoms with E-state index in [4.69, 9.17) is 4.42 Å². The van der Waals surface area contributed by atoms with Crippen LogP contribution in [-0.2, 0) is 0 Å². The highest BCUT2D eigenvalue weighted by Gasteiger charge is 2.01. The topological polar surface area (TPSA) is 106 Å². The summed E-state index contributed by atoms with van der Waals surface area (Å²) in [5.41, 5.74) is 14.6. The van der Waals surface area contributed by atoms with Gasteiger partial charge in [-0.25, -0.2) is 24.9 Å². The molecule has 0 aliphatic rings. The van der Waals surface area contributed by atoms with Gasteiger partial charge in [0.25, 0.3) is 0 Å². The van der Waals surface area contributed by atoms with Crippen LogP contribution in [-0.4, -0.2) is 34.9 Å². The van der Waals surface area contributed by atoms with Gasteiger partial charge in [-0.3, -0.25) is 4.98 Å². The molecule has 0 radical (unpaired) electrons. The third-order valence-electron chi connectivity index (χ3n) is 8.90. The van der Waals surface area contributed by atoms with Crippen LogP contribution in [0.5, 0.6) is 0 Å². The van der Waals surface area contributed by atoms with Gasteiger partial charge in [0.15, 0.2) is 11.5 Å². The van der Waals surface area contributed by atoms with Gasteiger partial charge in [0, 0.05) is 29.6 Å². The maximum Gasteiger partial charge on any atom is 0.192 e. The van der Waals surface area contributed by atoms with Gasteiger partial charge in [-0.2, -0.15) is 0 Å². The summed E-state index contributed by atoms with van der Waals surface area (Å²) in [7, 11) is 0. The molecule has 0 bridgehead atoms. The quantitative estimate of drug-likeness (QED) is 0.164. The highest BCUT2D eigenvalue weighted by atomic mass is 32.1. The van der Waals surface area contributed by atoms with Crippen LogP contribution in [0.2, 0.25) is 0 Å². The molecule has 10 rings (SSSR count). The number of fused-ring (bicyclic) bond motifs is 5. The standard InChI is InChI=1S/C11H11N.C10H10N2.C9H10N2.C9H9NO.C9H9NS/c1-8-3-5-10-6-4-9(2)12-11(10)7-8;1-7-3-4-9-6-11-8(2)12-10(9)5-7;1-6-3-4-8-9(5-6)11-7(2)10-8;2*1-6-3-4-9-8(5-6)10-7(2)11-9/h3-7H,1-2H3;3-6H,1-2H3;3-5H,1-2H3,(H,10,11);2*3-5H,1-2H3. The molecule has 1 N–H and O–H groups in total. The number of hydrogen-bond donors (Lipinski definition) is 1. The van der Waals surface area contributed by atoms with Gasteiger partial charge in [0.2, 0.25) is 0 Å². The molecule has 5 heterocycles. The molecule has 0 aliphatic carbocycles. The summed E-state index contributed by atoms with van der Waals surface area (Å²) >= 11 is 1.75. The average Bonchev–Trinajstić information content (AvgIpc) is 3.85. The lowest BCUT2D eigenvalue weighted by Crippen LogP contribution is -1.87. The molecule has 9 heteroatoms. The average molecular weight is 772 g/mol. The Morgan fingerprint density at radius 3 is 1.79 bits per heavy atom. The second-order valence-electron chi connectivity index (χ2n) is 14.4. The number of benzene rings is 5. The number of aryl methyl sites for hydroxylation is 10. The fraction of sp³-hybridized carbons (Fsp3) is 0.208. The molecular formula is C48H49N7OS. The van der Waals surface area contributed by atoms with E-state index in [0.29, 0.717) is 0 Å². The van der Waals surface area contributed by atoms with Gasteiger partial charge in [0.05, 0.1) is 37.3 Å². The van der Waals surface area contributed by atoms with Crippen molar-refractivity contribution in [1.82, 2.24) is 34.9 Å². The van der Waals surface area contributed by atoms with Crippen LogP contribution in [0.1, 0.15) is 56.1 Å². The van der Waals surface area contributed by atoms with Crippen LogP contribution in [0.25, 0.3) is 54.2 Å². The number of aromatic amines is 1. The maximum absolute atomic E-state index is 5.31. The Labute approximate surface area is 338 Å². The Hall–Kier alpha value is -6.32. The molecule has 5 aromatic carbocycles. The SMILES string of the molecule is Cc1ccc2ccc(C)nc2c1.Cc1ccc2cnc(C)nc2c1.Cc1ccc2nc(C)[nH]c2c1.Cc1ccc2oc(C)nc2c1.Cc1ccc2sc(C)nc2c1. The van der Waals surface area contributed by atoms with E-state index in [1.165, 1.54) is 37.9 Å². The van der Waals surface area contributed by atoms with Crippen molar-refractivity contribution in [2.75, 3.05) is 0 Å². The number of nitrogens with zero attached hydrogens (tertiary/aromatic N) is 6. The van der Waals surface area contributed by atoms with Gasteiger partial charge >= 0.3 is 0 Å². The van der Waals surface area contributed by atoms with E-state index >= 15 is 0 Å². The van der Waals surface area contributed by atoms with Crippen molar-refractivity contribution >= 4 is 65.5 Å². The Balaban J connectivity index is 0.000000120. The zero-order chi connectivity index (χ0) is 40.6. The molecular weight excluding hydrogens is 723 g/mol.